The van der Waals surface area contributed by atoms with E-state index in [1.807, 2.05) is 6.08 Å². The van der Waals surface area contributed by atoms with E-state index in [1.165, 1.54) is 0 Å². The lowest BCUT2D eigenvalue weighted by molar-refractivity contribution is -0.116. The smallest absolute Gasteiger partial charge is 0.159 e. The second-order valence-electron chi connectivity index (χ2n) is 5.89. The van der Waals surface area contributed by atoms with Gasteiger partial charge in [0.05, 0.1) is 5.60 Å². The number of ether oxygens (including phenoxy) is 1. The van der Waals surface area contributed by atoms with E-state index in [4.69, 9.17) is 4.74 Å². The predicted octanol–water partition coefficient (Wildman–Crippen LogP) is 2.95. The maximum absolute atomic E-state index is 11.9. The molecular formula is C17H24O3. The fourth-order valence-electron chi connectivity index (χ4n) is 3.72. The molecule has 1 N–H and O–H groups in total. The Kier molecular flexibility index (Phi) is 4.31. The van der Waals surface area contributed by atoms with Crippen molar-refractivity contribution in [2.45, 2.75) is 49.7 Å². The molecule has 0 aromatic carbocycles. The number of aliphatic hydroxyl groups is 1. The number of hydrogen-bond donors (Lipinski definition) is 1. The van der Waals surface area contributed by atoms with Crippen LogP contribution in [0.15, 0.2) is 37.0 Å². The highest BCUT2D eigenvalue weighted by atomic mass is 16.5. The maximum atomic E-state index is 11.9. The molecule has 2 rings (SSSR count). The lowest BCUT2D eigenvalue weighted by Crippen LogP contribution is -2.49. The lowest BCUT2D eigenvalue weighted by atomic mass is 9.66. The molecule has 3 atom stereocenters. The summed E-state index contributed by atoms with van der Waals surface area (Å²) in [6.45, 7) is 7.61. The van der Waals surface area contributed by atoms with Crippen LogP contribution in [0.5, 0.6) is 0 Å². The zero-order valence-electron chi connectivity index (χ0n) is 12.2. The van der Waals surface area contributed by atoms with E-state index in [-0.39, 0.29) is 18.1 Å². The second kappa shape index (κ2) is 5.66. The first kappa shape index (κ1) is 15.2. The minimum absolute atomic E-state index is 0.00176. The minimum atomic E-state index is -0.983. The van der Waals surface area contributed by atoms with Crippen molar-refractivity contribution in [3.8, 4) is 0 Å². The van der Waals surface area contributed by atoms with Crippen molar-refractivity contribution in [2.75, 3.05) is 7.11 Å². The molecule has 0 saturated heterocycles. The summed E-state index contributed by atoms with van der Waals surface area (Å²) in [6, 6.07) is 0. The molecule has 3 heteroatoms. The zero-order chi connectivity index (χ0) is 14.8. The van der Waals surface area contributed by atoms with Crippen LogP contribution >= 0.6 is 0 Å². The number of rotatable bonds is 5. The van der Waals surface area contributed by atoms with Crippen molar-refractivity contribution >= 4 is 5.78 Å². The molecule has 0 aromatic rings. The molecule has 0 unspecified atom stereocenters. The van der Waals surface area contributed by atoms with Gasteiger partial charge >= 0.3 is 0 Å². The van der Waals surface area contributed by atoms with Gasteiger partial charge in [0.25, 0.3) is 0 Å². The lowest BCUT2D eigenvalue weighted by Gasteiger charge is -2.45. The van der Waals surface area contributed by atoms with Gasteiger partial charge < -0.3 is 9.84 Å². The summed E-state index contributed by atoms with van der Waals surface area (Å²) in [5.41, 5.74) is -1.13. The number of carbonyl (C=O) groups excluding carboxylic acids is 1. The predicted molar refractivity (Wildman–Crippen MR) is 79.4 cm³/mol. The van der Waals surface area contributed by atoms with Gasteiger partial charge in [0, 0.05) is 19.1 Å². The molecule has 0 heterocycles. The van der Waals surface area contributed by atoms with Gasteiger partial charge in [-0.05, 0) is 31.3 Å². The summed E-state index contributed by atoms with van der Waals surface area (Å²) in [5.74, 6) is 0.0958. The van der Waals surface area contributed by atoms with Gasteiger partial charge in [-0.3, -0.25) is 4.79 Å². The molecule has 2 aliphatic rings. The molecule has 1 saturated carbocycles. The first-order valence-corrected chi connectivity index (χ1v) is 7.30. The van der Waals surface area contributed by atoms with Crippen molar-refractivity contribution in [1.29, 1.82) is 0 Å². The molecule has 1 fully saturated rings. The second-order valence-corrected chi connectivity index (χ2v) is 5.89. The summed E-state index contributed by atoms with van der Waals surface area (Å²) < 4.78 is 5.58. The number of hydrogen-bond acceptors (Lipinski definition) is 3. The molecule has 3 nitrogen and oxygen atoms in total. The molecule has 2 aliphatic carbocycles. The highest BCUT2D eigenvalue weighted by molar-refractivity contribution is 5.96. The molecule has 0 aromatic heterocycles. The topological polar surface area (TPSA) is 46.5 Å². The Hall–Kier alpha value is -1.19. The molecule has 0 radical (unpaired) electrons. The van der Waals surface area contributed by atoms with Crippen LogP contribution in [0.25, 0.3) is 0 Å². The van der Waals surface area contributed by atoms with Crippen LogP contribution in [0.2, 0.25) is 0 Å². The summed E-state index contributed by atoms with van der Waals surface area (Å²) >= 11 is 0. The fraction of sp³-hybridized carbons (Fsp3) is 0.588. The van der Waals surface area contributed by atoms with E-state index in [9.17, 15) is 9.90 Å². The Morgan fingerprint density at radius 1 is 1.50 bits per heavy atom. The van der Waals surface area contributed by atoms with Crippen LogP contribution < -0.4 is 0 Å². The van der Waals surface area contributed by atoms with Crippen molar-refractivity contribution in [2.24, 2.45) is 5.92 Å². The Labute approximate surface area is 121 Å². The van der Waals surface area contributed by atoms with E-state index >= 15 is 0 Å². The maximum Gasteiger partial charge on any atom is 0.159 e. The average molecular weight is 276 g/mol. The van der Waals surface area contributed by atoms with E-state index in [1.54, 1.807) is 19.3 Å². The Bertz CT molecular complexity index is 451. The van der Waals surface area contributed by atoms with Gasteiger partial charge in [-0.15, -0.1) is 6.58 Å². The summed E-state index contributed by atoms with van der Waals surface area (Å²) in [4.78, 5) is 11.9. The van der Waals surface area contributed by atoms with Gasteiger partial charge in [-0.1, -0.05) is 31.6 Å². The number of ketones is 1. The Morgan fingerprint density at radius 2 is 2.25 bits per heavy atom. The first-order chi connectivity index (χ1) is 9.52. The highest BCUT2D eigenvalue weighted by Gasteiger charge is 2.52. The standard InChI is InChI=1S/C17H24O3/c1-4-8-13-9-6-7-10-17(13,19)15-11-14(18)12-16(15,5-2)20-3/h4-5,11,13,19H,1-2,6-10,12H2,3H3/t13-,16-,17-/m0/s1. The third-order valence-corrected chi connectivity index (χ3v) is 4.85. The van der Waals surface area contributed by atoms with Gasteiger partial charge in [-0.25, -0.2) is 0 Å². The van der Waals surface area contributed by atoms with Crippen molar-refractivity contribution in [1.82, 2.24) is 0 Å². The summed E-state index contributed by atoms with van der Waals surface area (Å²) in [7, 11) is 1.57. The summed E-state index contributed by atoms with van der Waals surface area (Å²) in [5, 5.41) is 11.3. The largest absolute Gasteiger partial charge is 0.385 e. The SMILES string of the molecule is C=CC[C@H]1CCCC[C@@]1(O)C1=CC(=O)C[C@]1(C=C)OC. The normalized spacial score (nSPS) is 37.6. The quantitative estimate of drug-likeness (QED) is 0.785. The van der Waals surface area contributed by atoms with Crippen LogP contribution in [-0.4, -0.2) is 29.2 Å². The van der Waals surface area contributed by atoms with Gasteiger partial charge in [0.1, 0.15) is 5.60 Å². The molecule has 110 valence electrons. The fourth-order valence-corrected chi connectivity index (χ4v) is 3.72. The Balaban J connectivity index is 2.44. The number of methoxy groups -OCH3 is 1. The van der Waals surface area contributed by atoms with E-state index < -0.39 is 11.2 Å². The van der Waals surface area contributed by atoms with Gasteiger partial charge in [0.2, 0.25) is 0 Å². The average Bonchev–Trinajstić information content (AvgIpc) is 2.80. The zero-order valence-corrected chi connectivity index (χ0v) is 12.2. The number of carbonyl (C=O) groups is 1. The Morgan fingerprint density at radius 3 is 2.85 bits per heavy atom. The van der Waals surface area contributed by atoms with Crippen molar-refractivity contribution < 1.29 is 14.6 Å². The molecule has 0 aliphatic heterocycles. The summed E-state index contributed by atoms with van der Waals surface area (Å²) in [6.07, 6.45) is 9.76. The van der Waals surface area contributed by atoms with E-state index in [0.717, 1.165) is 25.7 Å². The van der Waals surface area contributed by atoms with Crippen LogP contribution in [0, 0.1) is 5.92 Å². The highest BCUT2D eigenvalue weighted by Crippen LogP contribution is 2.49. The van der Waals surface area contributed by atoms with Crippen molar-refractivity contribution in [3.63, 3.8) is 0 Å². The van der Waals surface area contributed by atoms with Crippen LogP contribution in [0.1, 0.15) is 38.5 Å². The minimum Gasteiger partial charge on any atom is -0.385 e. The van der Waals surface area contributed by atoms with Crippen LogP contribution in [-0.2, 0) is 9.53 Å². The first-order valence-electron chi connectivity index (χ1n) is 7.30. The van der Waals surface area contributed by atoms with Gasteiger partial charge in [0.15, 0.2) is 5.78 Å². The molecule has 0 amide bonds. The van der Waals surface area contributed by atoms with Crippen LogP contribution in [0.4, 0.5) is 0 Å². The molecular weight excluding hydrogens is 252 g/mol. The molecule has 20 heavy (non-hydrogen) atoms. The van der Waals surface area contributed by atoms with Crippen molar-refractivity contribution in [3.05, 3.63) is 37.0 Å². The van der Waals surface area contributed by atoms with Crippen LogP contribution in [0.3, 0.4) is 0 Å². The number of allylic oxidation sites excluding steroid dienone is 2. The third kappa shape index (κ3) is 2.29. The molecule has 0 bridgehead atoms. The van der Waals surface area contributed by atoms with E-state index in [0.29, 0.717) is 12.0 Å². The third-order valence-electron chi connectivity index (χ3n) is 4.85. The monoisotopic (exact) mass is 276 g/mol. The van der Waals surface area contributed by atoms with E-state index in [2.05, 4.69) is 13.2 Å². The van der Waals surface area contributed by atoms with Gasteiger partial charge in [-0.2, -0.15) is 0 Å². The molecule has 0 spiro atoms.